The predicted octanol–water partition coefficient (Wildman–Crippen LogP) is 0.386. The van der Waals surface area contributed by atoms with E-state index in [4.69, 9.17) is 4.74 Å². The molecule has 2 aliphatic heterocycles. The van der Waals surface area contributed by atoms with E-state index in [0.717, 1.165) is 13.2 Å². The summed E-state index contributed by atoms with van der Waals surface area (Å²) in [5.41, 5.74) is 1.18. The maximum atomic E-state index is 5.54. The Morgan fingerprint density at radius 3 is 2.10 bits per heavy atom. The van der Waals surface area contributed by atoms with E-state index >= 15 is 0 Å². The van der Waals surface area contributed by atoms with Gasteiger partial charge in [0.05, 0.1) is 13.2 Å². The number of hydrogen-bond acceptors (Lipinski definition) is 2. The molecule has 56 valence electrons. The van der Waals surface area contributed by atoms with Crippen LogP contribution in [-0.2, 0) is 4.74 Å². The lowest BCUT2D eigenvalue weighted by Crippen LogP contribution is -2.49. The van der Waals surface area contributed by atoms with Crippen molar-refractivity contribution in [2.24, 2.45) is 10.8 Å². The summed E-state index contributed by atoms with van der Waals surface area (Å²) < 4.78 is 5.54. The summed E-state index contributed by atoms with van der Waals surface area (Å²) in [5.74, 6) is 0. The number of nitrogens with one attached hydrogen (secondary N) is 1. The number of hydrogen-bond donors (Lipinski definition) is 1. The Labute approximate surface area is 60.9 Å². The van der Waals surface area contributed by atoms with E-state index in [1.165, 1.54) is 25.9 Å². The van der Waals surface area contributed by atoms with E-state index in [0.29, 0.717) is 10.8 Å². The molecule has 0 unspecified atom stereocenters. The van der Waals surface area contributed by atoms with Gasteiger partial charge in [-0.2, -0.15) is 0 Å². The third-order valence-corrected chi connectivity index (χ3v) is 3.89. The van der Waals surface area contributed by atoms with Crippen molar-refractivity contribution in [3.63, 3.8) is 0 Å². The van der Waals surface area contributed by atoms with Crippen LogP contribution < -0.4 is 5.32 Å². The first kappa shape index (κ1) is 5.56. The zero-order valence-corrected chi connectivity index (χ0v) is 6.15. The van der Waals surface area contributed by atoms with E-state index in [-0.39, 0.29) is 0 Å². The van der Waals surface area contributed by atoms with Gasteiger partial charge in [-0.25, -0.2) is 0 Å². The molecule has 2 nitrogen and oxygen atoms in total. The van der Waals surface area contributed by atoms with Crippen LogP contribution in [0.2, 0.25) is 0 Å². The van der Waals surface area contributed by atoms with Crippen LogP contribution >= 0.6 is 0 Å². The van der Waals surface area contributed by atoms with E-state index in [1.807, 2.05) is 0 Å². The molecular weight excluding hydrogens is 126 g/mol. The molecule has 2 saturated heterocycles. The molecule has 0 amide bonds. The number of rotatable bonds is 0. The average molecular weight is 139 g/mol. The largest absolute Gasteiger partial charge is 0.380 e. The fourth-order valence-corrected chi connectivity index (χ4v) is 2.92. The lowest BCUT2D eigenvalue weighted by Gasteiger charge is -2.48. The van der Waals surface area contributed by atoms with Gasteiger partial charge in [-0.05, 0) is 12.8 Å². The third-order valence-electron chi connectivity index (χ3n) is 3.89. The van der Waals surface area contributed by atoms with Gasteiger partial charge in [-0.15, -0.1) is 0 Å². The second kappa shape index (κ2) is 1.41. The molecule has 0 spiro atoms. The highest BCUT2D eigenvalue weighted by atomic mass is 16.5. The molecular formula is C8H13NO. The maximum absolute atomic E-state index is 5.54. The average Bonchev–Trinajstić information content (AvgIpc) is 2.16. The van der Waals surface area contributed by atoms with Gasteiger partial charge in [0.1, 0.15) is 0 Å². The molecule has 0 bridgehead atoms. The van der Waals surface area contributed by atoms with Gasteiger partial charge in [0.15, 0.2) is 0 Å². The van der Waals surface area contributed by atoms with Gasteiger partial charge in [0.25, 0.3) is 0 Å². The van der Waals surface area contributed by atoms with Gasteiger partial charge < -0.3 is 10.1 Å². The van der Waals surface area contributed by atoms with Gasteiger partial charge in [-0.3, -0.25) is 0 Å². The van der Waals surface area contributed by atoms with Crippen molar-refractivity contribution in [3.8, 4) is 0 Å². The van der Waals surface area contributed by atoms with Crippen LogP contribution in [0.4, 0.5) is 0 Å². The maximum Gasteiger partial charge on any atom is 0.0541 e. The van der Waals surface area contributed by atoms with Gasteiger partial charge >= 0.3 is 0 Å². The standard InChI is InChI=1S/C8H13NO/c1-2-8-4-9-3-7(1,8)5-10-6-8/h9H,1-6H2/t7-,8+. The first-order chi connectivity index (χ1) is 4.87. The van der Waals surface area contributed by atoms with Crippen LogP contribution in [0.1, 0.15) is 12.8 Å². The topological polar surface area (TPSA) is 21.3 Å². The van der Waals surface area contributed by atoms with Gasteiger partial charge in [0.2, 0.25) is 0 Å². The van der Waals surface area contributed by atoms with Crippen molar-refractivity contribution in [3.05, 3.63) is 0 Å². The molecule has 2 atom stereocenters. The highest BCUT2D eigenvalue weighted by molar-refractivity contribution is 5.15. The zero-order chi connectivity index (χ0) is 6.66. The van der Waals surface area contributed by atoms with Crippen molar-refractivity contribution in [2.45, 2.75) is 12.8 Å². The summed E-state index contributed by atoms with van der Waals surface area (Å²) in [6, 6.07) is 0. The van der Waals surface area contributed by atoms with Crippen LogP contribution in [0.15, 0.2) is 0 Å². The van der Waals surface area contributed by atoms with Gasteiger partial charge in [0, 0.05) is 23.9 Å². The van der Waals surface area contributed by atoms with E-state index in [1.54, 1.807) is 0 Å². The minimum absolute atomic E-state index is 0.590. The molecule has 1 N–H and O–H groups in total. The van der Waals surface area contributed by atoms with Crippen LogP contribution in [0.25, 0.3) is 0 Å². The summed E-state index contributed by atoms with van der Waals surface area (Å²) in [6.45, 7) is 4.49. The Balaban J connectivity index is 2.05. The summed E-state index contributed by atoms with van der Waals surface area (Å²) in [5, 5.41) is 3.49. The Hall–Kier alpha value is -0.0800. The lowest BCUT2D eigenvalue weighted by molar-refractivity contribution is 0.0255. The normalized spacial score (nSPS) is 57.6. The number of ether oxygens (including phenoxy) is 1. The van der Waals surface area contributed by atoms with Crippen molar-refractivity contribution in [1.82, 2.24) is 5.32 Å². The Kier molecular flexibility index (Phi) is 0.783. The molecule has 3 rings (SSSR count). The lowest BCUT2D eigenvalue weighted by atomic mass is 9.53. The van der Waals surface area contributed by atoms with Crippen LogP contribution in [0.5, 0.6) is 0 Å². The molecule has 3 aliphatic rings. The fourth-order valence-electron chi connectivity index (χ4n) is 2.92. The zero-order valence-electron chi connectivity index (χ0n) is 6.15. The molecule has 1 saturated carbocycles. The summed E-state index contributed by atoms with van der Waals surface area (Å²) >= 11 is 0. The van der Waals surface area contributed by atoms with Crippen LogP contribution in [0, 0.1) is 10.8 Å². The third kappa shape index (κ3) is 0.372. The molecule has 0 aromatic carbocycles. The second-order valence-corrected chi connectivity index (χ2v) is 4.16. The SMILES string of the molecule is C1C[C@]23CNC[C@]12COC3. The van der Waals surface area contributed by atoms with Crippen molar-refractivity contribution in [1.29, 1.82) is 0 Å². The first-order valence-electron chi connectivity index (χ1n) is 4.16. The Morgan fingerprint density at radius 2 is 1.60 bits per heavy atom. The highest BCUT2D eigenvalue weighted by Gasteiger charge is 2.64. The second-order valence-electron chi connectivity index (χ2n) is 4.16. The van der Waals surface area contributed by atoms with Crippen molar-refractivity contribution >= 4 is 0 Å². The van der Waals surface area contributed by atoms with Gasteiger partial charge in [-0.1, -0.05) is 0 Å². The van der Waals surface area contributed by atoms with E-state index in [9.17, 15) is 0 Å². The Bertz CT molecular complexity index is 150. The molecule has 10 heavy (non-hydrogen) atoms. The fraction of sp³-hybridized carbons (Fsp3) is 1.00. The van der Waals surface area contributed by atoms with Crippen LogP contribution in [-0.4, -0.2) is 26.3 Å². The summed E-state index contributed by atoms with van der Waals surface area (Å²) in [4.78, 5) is 0. The van der Waals surface area contributed by atoms with Crippen molar-refractivity contribution in [2.75, 3.05) is 26.3 Å². The summed E-state index contributed by atoms with van der Waals surface area (Å²) in [7, 11) is 0. The minimum atomic E-state index is 0.590. The predicted molar refractivity (Wildman–Crippen MR) is 37.8 cm³/mol. The molecule has 0 aromatic rings. The highest BCUT2D eigenvalue weighted by Crippen LogP contribution is 2.62. The van der Waals surface area contributed by atoms with Crippen molar-refractivity contribution < 1.29 is 4.74 Å². The van der Waals surface area contributed by atoms with E-state index in [2.05, 4.69) is 5.32 Å². The molecule has 1 aliphatic carbocycles. The molecule has 2 heteroatoms. The Morgan fingerprint density at radius 1 is 1.00 bits per heavy atom. The molecule has 0 radical (unpaired) electrons. The summed E-state index contributed by atoms with van der Waals surface area (Å²) in [6.07, 6.45) is 2.81. The van der Waals surface area contributed by atoms with Crippen LogP contribution in [0.3, 0.4) is 0 Å². The first-order valence-corrected chi connectivity index (χ1v) is 4.16. The molecule has 3 fully saturated rings. The monoisotopic (exact) mass is 139 g/mol. The minimum Gasteiger partial charge on any atom is -0.380 e. The van der Waals surface area contributed by atoms with E-state index < -0.39 is 0 Å². The smallest absolute Gasteiger partial charge is 0.0541 e. The molecule has 2 heterocycles. The quantitative estimate of drug-likeness (QED) is 0.524. The molecule has 0 aromatic heterocycles.